The Kier molecular flexibility index (Phi) is 3.35. The van der Waals surface area contributed by atoms with Crippen molar-refractivity contribution < 1.29 is 9.59 Å². The molecule has 21 heavy (non-hydrogen) atoms. The minimum Gasteiger partial charge on any atom is -0.331 e. The fourth-order valence-electron chi connectivity index (χ4n) is 3.39. The largest absolute Gasteiger partial charge is 0.331 e. The molecule has 2 aliphatic heterocycles. The molecule has 3 rings (SSSR count). The maximum atomic E-state index is 12.4. The van der Waals surface area contributed by atoms with Gasteiger partial charge in [-0.1, -0.05) is 18.2 Å². The Morgan fingerprint density at radius 3 is 2.57 bits per heavy atom. The molecular formula is C16H21N3O2. The lowest BCUT2D eigenvalue weighted by Crippen LogP contribution is -2.39. The fourth-order valence-corrected chi connectivity index (χ4v) is 3.39. The van der Waals surface area contributed by atoms with Crippen molar-refractivity contribution in [1.82, 2.24) is 9.80 Å². The Morgan fingerprint density at radius 1 is 1.19 bits per heavy atom. The van der Waals surface area contributed by atoms with E-state index in [9.17, 15) is 9.59 Å². The van der Waals surface area contributed by atoms with Gasteiger partial charge in [-0.05, 0) is 18.6 Å². The molecule has 0 aliphatic carbocycles. The molecule has 1 aromatic rings. The van der Waals surface area contributed by atoms with Crippen LogP contribution >= 0.6 is 0 Å². The third kappa shape index (κ3) is 2.48. The van der Waals surface area contributed by atoms with Gasteiger partial charge in [0, 0.05) is 51.3 Å². The first kappa shape index (κ1) is 13.9. The van der Waals surface area contributed by atoms with Gasteiger partial charge in [-0.15, -0.1) is 0 Å². The molecule has 1 unspecified atom stereocenters. The number of rotatable bonds is 1. The Morgan fingerprint density at radius 2 is 1.90 bits per heavy atom. The van der Waals surface area contributed by atoms with Crippen LogP contribution in [0, 0.1) is 5.41 Å². The van der Waals surface area contributed by atoms with Crippen LogP contribution in [0.4, 0.5) is 10.5 Å². The molecule has 0 bridgehead atoms. The number of carbonyl (C=O) groups excluding carboxylic acids is 2. The number of nitrogens with zero attached hydrogens (tertiary/aromatic N) is 3. The summed E-state index contributed by atoms with van der Waals surface area (Å²) in [6, 6.07) is 9.82. The second-order valence-electron chi connectivity index (χ2n) is 6.34. The molecule has 1 spiro atoms. The van der Waals surface area contributed by atoms with E-state index in [0.717, 1.165) is 18.7 Å². The number of para-hydroxylation sites is 1. The number of urea groups is 1. The lowest BCUT2D eigenvalue weighted by atomic mass is 9.86. The fraction of sp³-hybridized carbons (Fsp3) is 0.500. The van der Waals surface area contributed by atoms with Crippen molar-refractivity contribution in [3.8, 4) is 0 Å². The molecule has 5 heteroatoms. The maximum Gasteiger partial charge on any atom is 0.319 e. The predicted molar refractivity (Wildman–Crippen MR) is 81.1 cm³/mol. The number of likely N-dealkylation sites (tertiary alicyclic amines) is 1. The molecule has 2 saturated heterocycles. The summed E-state index contributed by atoms with van der Waals surface area (Å²) in [5.74, 6) is 0.167. The van der Waals surface area contributed by atoms with Crippen molar-refractivity contribution in [3.05, 3.63) is 30.3 Å². The van der Waals surface area contributed by atoms with Crippen LogP contribution in [0.1, 0.15) is 12.8 Å². The zero-order chi connectivity index (χ0) is 15.0. The van der Waals surface area contributed by atoms with Gasteiger partial charge in [0.1, 0.15) is 0 Å². The Labute approximate surface area is 125 Å². The monoisotopic (exact) mass is 287 g/mol. The molecule has 2 heterocycles. The van der Waals surface area contributed by atoms with Crippen molar-refractivity contribution >= 4 is 17.6 Å². The first-order chi connectivity index (χ1) is 10.0. The topological polar surface area (TPSA) is 43.9 Å². The van der Waals surface area contributed by atoms with Gasteiger partial charge in [-0.25, -0.2) is 4.79 Å². The number of hydrogen-bond acceptors (Lipinski definition) is 2. The Balaban J connectivity index is 1.75. The van der Waals surface area contributed by atoms with E-state index in [1.165, 1.54) is 0 Å². The zero-order valence-electron chi connectivity index (χ0n) is 12.6. The van der Waals surface area contributed by atoms with Crippen molar-refractivity contribution in [1.29, 1.82) is 0 Å². The van der Waals surface area contributed by atoms with Crippen molar-refractivity contribution in [3.63, 3.8) is 0 Å². The smallest absolute Gasteiger partial charge is 0.319 e. The highest BCUT2D eigenvalue weighted by Crippen LogP contribution is 2.41. The average Bonchev–Trinajstić information content (AvgIpc) is 3.03. The van der Waals surface area contributed by atoms with Crippen LogP contribution in [-0.4, -0.2) is 55.5 Å². The van der Waals surface area contributed by atoms with Crippen LogP contribution in [0.25, 0.3) is 0 Å². The van der Waals surface area contributed by atoms with E-state index in [1.807, 2.05) is 40.1 Å². The first-order valence-electron chi connectivity index (χ1n) is 7.32. The number of anilines is 1. The third-order valence-corrected chi connectivity index (χ3v) is 4.48. The number of benzene rings is 1. The van der Waals surface area contributed by atoms with Crippen LogP contribution in [0.3, 0.4) is 0 Å². The summed E-state index contributed by atoms with van der Waals surface area (Å²) in [5, 5.41) is 0. The second kappa shape index (κ2) is 5.06. The molecule has 2 fully saturated rings. The SMILES string of the molecule is CN(C)C(=O)N1CCC2(CC(=O)N(c3ccccc3)C2)C1. The summed E-state index contributed by atoms with van der Waals surface area (Å²) in [6.45, 7) is 2.14. The van der Waals surface area contributed by atoms with Crippen LogP contribution in [0.15, 0.2) is 30.3 Å². The summed E-state index contributed by atoms with van der Waals surface area (Å²) < 4.78 is 0. The van der Waals surface area contributed by atoms with Crippen molar-refractivity contribution in [2.24, 2.45) is 5.41 Å². The van der Waals surface area contributed by atoms with Crippen molar-refractivity contribution in [2.45, 2.75) is 12.8 Å². The van der Waals surface area contributed by atoms with Gasteiger partial charge in [0.05, 0.1) is 0 Å². The summed E-state index contributed by atoms with van der Waals surface area (Å²) in [4.78, 5) is 29.8. The second-order valence-corrected chi connectivity index (χ2v) is 6.34. The van der Waals surface area contributed by atoms with E-state index in [-0.39, 0.29) is 17.4 Å². The van der Waals surface area contributed by atoms with Crippen molar-refractivity contribution in [2.75, 3.05) is 38.6 Å². The van der Waals surface area contributed by atoms with Crippen LogP contribution in [-0.2, 0) is 4.79 Å². The van der Waals surface area contributed by atoms with Crippen LogP contribution in [0.2, 0.25) is 0 Å². The molecule has 0 saturated carbocycles. The van der Waals surface area contributed by atoms with Crippen LogP contribution < -0.4 is 4.90 Å². The highest BCUT2D eigenvalue weighted by molar-refractivity contribution is 5.96. The van der Waals surface area contributed by atoms with Gasteiger partial charge in [-0.3, -0.25) is 4.79 Å². The molecule has 1 atom stereocenters. The molecule has 0 aromatic heterocycles. The Hall–Kier alpha value is -2.04. The molecule has 1 aromatic carbocycles. The van der Waals surface area contributed by atoms with Crippen LogP contribution in [0.5, 0.6) is 0 Å². The normalized spacial score (nSPS) is 25.0. The maximum absolute atomic E-state index is 12.4. The van der Waals surface area contributed by atoms with E-state index in [0.29, 0.717) is 19.5 Å². The van der Waals surface area contributed by atoms with Gasteiger partial charge in [-0.2, -0.15) is 0 Å². The standard InChI is InChI=1S/C16H21N3O2/c1-17(2)15(21)18-9-8-16(11-18)10-14(20)19(12-16)13-6-4-3-5-7-13/h3-7H,8-12H2,1-2H3. The molecule has 0 radical (unpaired) electrons. The van der Waals surface area contributed by atoms with Gasteiger partial charge in [0.2, 0.25) is 5.91 Å². The number of hydrogen-bond donors (Lipinski definition) is 0. The molecule has 0 N–H and O–H groups in total. The third-order valence-electron chi connectivity index (χ3n) is 4.48. The summed E-state index contributed by atoms with van der Waals surface area (Å²) in [7, 11) is 3.53. The quantitative estimate of drug-likeness (QED) is 0.790. The van der Waals surface area contributed by atoms with E-state index >= 15 is 0 Å². The first-order valence-corrected chi connectivity index (χ1v) is 7.32. The van der Waals surface area contributed by atoms with E-state index in [2.05, 4.69) is 0 Å². The van der Waals surface area contributed by atoms with E-state index in [4.69, 9.17) is 0 Å². The van der Waals surface area contributed by atoms with Gasteiger partial charge >= 0.3 is 6.03 Å². The highest BCUT2D eigenvalue weighted by Gasteiger charge is 2.48. The van der Waals surface area contributed by atoms with Gasteiger partial charge in [0.25, 0.3) is 0 Å². The summed E-state index contributed by atoms with van der Waals surface area (Å²) in [6.07, 6.45) is 1.45. The summed E-state index contributed by atoms with van der Waals surface area (Å²) >= 11 is 0. The van der Waals surface area contributed by atoms with E-state index in [1.54, 1.807) is 19.0 Å². The Bertz CT molecular complexity index is 558. The minimum absolute atomic E-state index is 0.0393. The highest BCUT2D eigenvalue weighted by atomic mass is 16.2. The average molecular weight is 287 g/mol. The molecule has 5 nitrogen and oxygen atoms in total. The van der Waals surface area contributed by atoms with E-state index < -0.39 is 0 Å². The zero-order valence-corrected chi connectivity index (χ0v) is 12.6. The number of carbonyl (C=O) groups is 2. The predicted octanol–water partition coefficient (Wildman–Crippen LogP) is 1.80. The molecule has 3 amide bonds. The molecule has 112 valence electrons. The van der Waals surface area contributed by atoms with Gasteiger partial charge in [0.15, 0.2) is 0 Å². The summed E-state index contributed by atoms with van der Waals surface area (Å²) in [5.41, 5.74) is 0.884. The lowest BCUT2D eigenvalue weighted by molar-refractivity contribution is -0.117. The molecular weight excluding hydrogens is 266 g/mol. The molecule has 2 aliphatic rings. The minimum atomic E-state index is -0.0708. The number of amides is 3. The lowest BCUT2D eigenvalue weighted by Gasteiger charge is -2.25. The van der Waals surface area contributed by atoms with Gasteiger partial charge < -0.3 is 14.7 Å².